The maximum atomic E-state index is 4.34. The van der Waals surface area contributed by atoms with Crippen molar-refractivity contribution in [1.82, 2.24) is 14.1 Å². The molecule has 2 rings (SSSR count). The van der Waals surface area contributed by atoms with E-state index < -0.39 is 0 Å². The normalized spacial score (nSPS) is 12.8. The lowest BCUT2D eigenvalue weighted by molar-refractivity contribution is 0.493. The van der Waals surface area contributed by atoms with Crippen LogP contribution in [0.1, 0.15) is 36.4 Å². The van der Waals surface area contributed by atoms with E-state index in [-0.39, 0.29) is 0 Å². The summed E-state index contributed by atoms with van der Waals surface area (Å²) in [6.07, 6.45) is 5.22. The highest BCUT2D eigenvalue weighted by Gasteiger charge is 2.13. The Hall–Kier alpha value is -0.780. The van der Waals surface area contributed by atoms with Gasteiger partial charge in [0.25, 0.3) is 0 Å². The SMILES string of the molecule is CCCNC(CCc1cccs1)c1cnsn1. The molecule has 5 heteroatoms. The Labute approximate surface area is 110 Å². The summed E-state index contributed by atoms with van der Waals surface area (Å²) in [4.78, 5) is 1.44. The number of hydrogen-bond donors (Lipinski definition) is 1. The predicted octanol–water partition coefficient (Wildman–Crippen LogP) is 3.27. The second-order valence-corrected chi connectivity index (χ2v) is 5.55. The third-order valence-corrected chi connectivity index (χ3v) is 4.06. The van der Waals surface area contributed by atoms with Crippen LogP contribution in [0.5, 0.6) is 0 Å². The maximum absolute atomic E-state index is 4.34. The summed E-state index contributed by atoms with van der Waals surface area (Å²) in [6.45, 7) is 3.22. The highest BCUT2D eigenvalue weighted by molar-refractivity contribution is 7.09. The molecule has 1 atom stereocenters. The molecule has 0 saturated carbocycles. The Morgan fingerprint density at radius 1 is 1.47 bits per heavy atom. The van der Waals surface area contributed by atoms with Gasteiger partial charge in [-0.05, 0) is 37.3 Å². The average Bonchev–Trinajstić information content (AvgIpc) is 3.01. The number of nitrogens with one attached hydrogen (secondary N) is 1. The summed E-state index contributed by atoms with van der Waals surface area (Å²) in [5.74, 6) is 0. The first-order valence-electron chi connectivity index (χ1n) is 5.93. The molecule has 0 radical (unpaired) electrons. The molecule has 0 saturated heterocycles. The van der Waals surface area contributed by atoms with E-state index in [4.69, 9.17) is 0 Å². The number of rotatable bonds is 7. The van der Waals surface area contributed by atoms with E-state index >= 15 is 0 Å². The fraction of sp³-hybridized carbons (Fsp3) is 0.500. The van der Waals surface area contributed by atoms with E-state index in [2.05, 4.69) is 38.5 Å². The Bertz CT molecular complexity index is 397. The summed E-state index contributed by atoms with van der Waals surface area (Å²) < 4.78 is 8.43. The quantitative estimate of drug-likeness (QED) is 0.836. The number of hydrogen-bond acceptors (Lipinski definition) is 5. The average molecular weight is 267 g/mol. The molecule has 0 spiro atoms. The first-order chi connectivity index (χ1) is 8.40. The van der Waals surface area contributed by atoms with Crippen molar-refractivity contribution in [3.63, 3.8) is 0 Å². The fourth-order valence-corrected chi connectivity index (χ4v) is 2.94. The summed E-state index contributed by atoms with van der Waals surface area (Å²) >= 11 is 3.11. The van der Waals surface area contributed by atoms with Gasteiger partial charge in [-0.15, -0.1) is 11.3 Å². The van der Waals surface area contributed by atoms with Crippen LogP contribution in [0.2, 0.25) is 0 Å². The van der Waals surface area contributed by atoms with Crippen LogP contribution in [0, 0.1) is 0 Å². The zero-order valence-electron chi connectivity index (χ0n) is 9.93. The molecule has 1 N–H and O–H groups in total. The molecule has 0 aromatic carbocycles. The van der Waals surface area contributed by atoms with E-state index in [1.807, 2.05) is 17.5 Å². The second-order valence-electron chi connectivity index (χ2n) is 3.96. The third-order valence-electron chi connectivity index (χ3n) is 2.64. The molecule has 0 fully saturated rings. The molecule has 2 aromatic rings. The molecule has 1 unspecified atom stereocenters. The van der Waals surface area contributed by atoms with E-state index in [1.165, 1.54) is 16.6 Å². The number of thiophene rings is 1. The van der Waals surface area contributed by atoms with Crippen LogP contribution in [0.3, 0.4) is 0 Å². The lowest BCUT2D eigenvalue weighted by Gasteiger charge is -2.15. The minimum atomic E-state index is 0.343. The van der Waals surface area contributed by atoms with Crippen molar-refractivity contribution in [3.05, 3.63) is 34.3 Å². The minimum absolute atomic E-state index is 0.343. The van der Waals surface area contributed by atoms with Crippen LogP contribution in [0.25, 0.3) is 0 Å². The molecule has 92 valence electrons. The largest absolute Gasteiger partial charge is 0.309 e. The summed E-state index contributed by atoms with van der Waals surface area (Å²) in [7, 11) is 0. The molecule has 0 amide bonds. The Kier molecular flexibility index (Phi) is 5.09. The van der Waals surface area contributed by atoms with Crippen molar-refractivity contribution in [3.8, 4) is 0 Å². The van der Waals surface area contributed by atoms with Crippen LogP contribution in [-0.4, -0.2) is 15.3 Å². The van der Waals surface area contributed by atoms with E-state index in [9.17, 15) is 0 Å². The Morgan fingerprint density at radius 2 is 2.41 bits per heavy atom. The second kappa shape index (κ2) is 6.83. The van der Waals surface area contributed by atoms with Crippen molar-refractivity contribution in [2.24, 2.45) is 0 Å². The van der Waals surface area contributed by atoms with Gasteiger partial charge in [0.15, 0.2) is 0 Å². The first-order valence-corrected chi connectivity index (χ1v) is 7.54. The van der Waals surface area contributed by atoms with Gasteiger partial charge < -0.3 is 5.32 Å². The number of nitrogens with zero attached hydrogens (tertiary/aromatic N) is 2. The van der Waals surface area contributed by atoms with Gasteiger partial charge in [-0.25, -0.2) is 0 Å². The van der Waals surface area contributed by atoms with Crippen LogP contribution >= 0.6 is 23.1 Å². The summed E-state index contributed by atoms with van der Waals surface area (Å²) in [5.41, 5.74) is 1.08. The van der Waals surface area contributed by atoms with Gasteiger partial charge in [-0.3, -0.25) is 0 Å². The fourth-order valence-electron chi connectivity index (χ4n) is 1.74. The maximum Gasteiger partial charge on any atom is 0.0912 e. The van der Waals surface area contributed by atoms with E-state index in [0.717, 1.165) is 31.5 Å². The van der Waals surface area contributed by atoms with Crippen molar-refractivity contribution in [2.75, 3.05) is 6.54 Å². The molecule has 0 bridgehead atoms. The Balaban J connectivity index is 1.91. The molecule has 2 aromatic heterocycles. The topological polar surface area (TPSA) is 37.8 Å². The zero-order chi connectivity index (χ0) is 11.9. The third kappa shape index (κ3) is 3.87. The van der Waals surface area contributed by atoms with Crippen molar-refractivity contribution in [2.45, 2.75) is 32.2 Å². The standard InChI is InChI=1S/C12H17N3S2/c1-2-7-13-11(12-9-14-17-15-12)6-5-10-4-3-8-16-10/h3-4,8-9,11,13H,2,5-7H2,1H3. The highest BCUT2D eigenvalue weighted by atomic mass is 32.1. The Morgan fingerprint density at radius 3 is 3.06 bits per heavy atom. The van der Waals surface area contributed by atoms with Crippen LogP contribution in [-0.2, 0) is 6.42 Å². The summed E-state index contributed by atoms with van der Waals surface area (Å²) in [5, 5.41) is 5.68. The van der Waals surface area contributed by atoms with Crippen LogP contribution < -0.4 is 5.32 Å². The van der Waals surface area contributed by atoms with Crippen LogP contribution in [0.15, 0.2) is 23.7 Å². The van der Waals surface area contributed by atoms with Crippen molar-refractivity contribution >= 4 is 23.1 Å². The van der Waals surface area contributed by atoms with Gasteiger partial charge >= 0.3 is 0 Å². The molecule has 3 nitrogen and oxygen atoms in total. The lowest BCUT2D eigenvalue weighted by atomic mass is 10.1. The smallest absolute Gasteiger partial charge is 0.0912 e. The lowest BCUT2D eigenvalue weighted by Crippen LogP contribution is -2.22. The van der Waals surface area contributed by atoms with Crippen LogP contribution in [0.4, 0.5) is 0 Å². The molecule has 0 aliphatic heterocycles. The molecule has 0 aliphatic carbocycles. The zero-order valence-corrected chi connectivity index (χ0v) is 11.6. The molecular formula is C12H17N3S2. The summed E-state index contributed by atoms with van der Waals surface area (Å²) in [6, 6.07) is 4.65. The van der Waals surface area contributed by atoms with Gasteiger partial charge in [0, 0.05) is 4.88 Å². The number of aryl methyl sites for hydroxylation is 1. The monoisotopic (exact) mass is 267 g/mol. The first kappa shape index (κ1) is 12.7. The predicted molar refractivity (Wildman–Crippen MR) is 73.6 cm³/mol. The van der Waals surface area contributed by atoms with E-state index in [0.29, 0.717) is 6.04 Å². The van der Waals surface area contributed by atoms with Gasteiger partial charge in [-0.2, -0.15) is 8.75 Å². The minimum Gasteiger partial charge on any atom is -0.309 e. The van der Waals surface area contributed by atoms with Gasteiger partial charge in [0.2, 0.25) is 0 Å². The van der Waals surface area contributed by atoms with Crippen molar-refractivity contribution < 1.29 is 0 Å². The molecule has 17 heavy (non-hydrogen) atoms. The number of aromatic nitrogens is 2. The molecular weight excluding hydrogens is 250 g/mol. The van der Waals surface area contributed by atoms with Gasteiger partial charge in [-0.1, -0.05) is 13.0 Å². The molecule has 0 aliphatic rings. The highest BCUT2D eigenvalue weighted by Crippen LogP contribution is 2.20. The van der Waals surface area contributed by atoms with E-state index in [1.54, 1.807) is 0 Å². The van der Waals surface area contributed by atoms with Gasteiger partial charge in [0.05, 0.1) is 29.7 Å². The van der Waals surface area contributed by atoms with Crippen molar-refractivity contribution in [1.29, 1.82) is 0 Å². The van der Waals surface area contributed by atoms with Gasteiger partial charge in [0.1, 0.15) is 0 Å². The molecule has 2 heterocycles.